The van der Waals surface area contributed by atoms with Crippen molar-refractivity contribution in [2.24, 2.45) is 4.99 Å². The van der Waals surface area contributed by atoms with E-state index in [1.54, 1.807) is 12.1 Å². The molecule has 1 aromatic rings. The third-order valence-electron chi connectivity index (χ3n) is 1.99. The van der Waals surface area contributed by atoms with Gasteiger partial charge in [-0.25, -0.2) is 4.99 Å². The second kappa shape index (κ2) is 3.82. The average Bonchev–Trinajstić information content (AvgIpc) is 2.65. The van der Waals surface area contributed by atoms with Gasteiger partial charge >= 0.3 is 0 Å². The summed E-state index contributed by atoms with van der Waals surface area (Å²) in [4.78, 5) is 14.0. The molecule has 1 aliphatic rings. The van der Waals surface area contributed by atoms with Crippen molar-refractivity contribution < 1.29 is 4.92 Å². The van der Waals surface area contributed by atoms with Gasteiger partial charge in [0, 0.05) is 17.9 Å². The quantitative estimate of drug-likeness (QED) is 0.613. The number of nitro benzene ring substituents is 1. The van der Waals surface area contributed by atoms with Crippen LogP contribution in [0.5, 0.6) is 0 Å². The Bertz CT molecular complexity index is 453. The first-order chi connectivity index (χ1) is 7.16. The predicted octanol–water partition coefficient (Wildman–Crippen LogP) is 2.07. The van der Waals surface area contributed by atoms with Gasteiger partial charge in [0.2, 0.25) is 0 Å². The van der Waals surface area contributed by atoms with Gasteiger partial charge < -0.3 is 0 Å². The molecule has 2 rings (SSSR count). The molecule has 6 heteroatoms. The molecule has 0 saturated heterocycles. The van der Waals surface area contributed by atoms with Crippen LogP contribution in [0.1, 0.15) is 5.56 Å². The third-order valence-corrected chi connectivity index (χ3v) is 2.78. The highest BCUT2D eigenvalue weighted by Gasteiger charge is 2.14. The molecule has 1 aromatic carbocycles. The van der Waals surface area contributed by atoms with Crippen molar-refractivity contribution >= 4 is 28.3 Å². The molecular weight excluding hydrogens is 214 g/mol. The Morgan fingerprint density at radius 2 is 2.07 bits per heavy atom. The SMILES string of the molecule is N=C1N=C(c2ccc([N+](=O)[O-])cc2)CS1. The van der Waals surface area contributed by atoms with Gasteiger partial charge in [-0.1, -0.05) is 11.8 Å². The third kappa shape index (κ3) is 2.04. The molecule has 1 heterocycles. The summed E-state index contributed by atoms with van der Waals surface area (Å²) >= 11 is 1.36. The number of thioether (sulfide) groups is 1. The maximum Gasteiger partial charge on any atom is 0.269 e. The lowest BCUT2D eigenvalue weighted by molar-refractivity contribution is -0.384. The molecule has 76 valence electrons. The Morgan fingerprint density at radius 3 is 2.53 bits per heavy atom. The van der Waals surface area contributed by atoms with Crippen LogP contribution in [0.15, 0.2) is 29.3 Å². The van der Waals surface area contributed by atoms with Crippen LogP contribution in [0.2, 0.25) is 0 Å². The normalized spacial score (nSPS) is 15.2. The Kier molecular flexibility index (Phi) is 2.51. The van der Waals surface area contributed by atoms with Gasteiger partial charge in [-0.3, -0.25) is 15.5 Å². The van der Waals surface area contributed by atoms with Crippen molar-refractivity contribution in [3.63, 3.8) is 0 Å². The molecule has 0 aromatic heterocycles. The summed E-state index contributed by atoms with van der Waals surface area (Å²) < 4.78 is 0. The predicted molar refractivity (Wildman–Crippen MR) is 59.8 cm³/mol. The van der Waals surface area contributed by atoms with Crippen LogP contribution in [-0.4, -0.2) is 21.6 Å². The van der Waals surface area contributed by atoms with E-state index in [-0.39, 0.29) is 5.69 Å². The Labute approximate surface area is 89.9 Å². The van der Waals surface area contributed by atoms with Gasteiger partial charge in [-0.15, -0.1) is 0 Å². The van der Waals surface area contributed by atoms with Gasteiger partial charge in [0.05, 0.1) is 10.6 Å². The van der Waals surface area contributed by atoms with Crippen LogP contribution in [0.3, 0.4) is 0 Å². The van der Waals surface area contributed by atoms with Crippen molar-refractivity contribution in [1.82, 2.24) is 0 Å². The smallest absolute Gasteiger partial charge is 0.269 e. The number of rotatable bonds is 2. The van der Waals surface area contributed by atoms with Gasteiger partial charge in [0.25, 0.3) is 5.69 Å². The van der Waals surface area contributed by atoms with E-state index in [1.165, 1.54) is 23.9 Å². The fourth-order valence-corrected chi connectivity index (χ4v) is 1.93. The lowest BCUT2D eigenvalue weighted by atomic mass is 10.1. The number of nitro groups is 1. The molecule has 0 amide bonds. The molecule has 0 aliphatic carbocycles. The summed E-state index contributed by atoms with van der Waals surface area (Å²) in [5.74, 6) is 0.663. The number of non-ortho nitro benzene ring substituents is 1. The maximum atomic E-state index is 10.4. The molecule has 15 heavy (non-hydrogen) atoms. The molecule has 0 fully saturated rings. The maximum absolute atomic E-state index is 10.4. The Morgan fingerprint density at radius 1 is 1.40 bits per heavy atom. The number of nitrogens with zero attached hydrogens (tertiary/aromatic N) is 2. The zero-order chi connectivity index (χ0) is 10.8. The molecule has 0 saturated carbocycles. The van der Waals surface area contributed by atoms with Gasteiger partial charge in [-0.05, 0) is 17.7 Å². The van der Waals surface area contributed by atoms with Crippen LogP contribution in [-0.2, 0) is 0 Å². The standard InChI is InChI=1S/C9H7N3O2S/c10-9-11-8(5-15-9)6-1-3-7(4-2-6)12(13)14/h1-4,10H,5H2. The van der Waals surface area contributed by atoms with E-state index in [4.69, 9.17) is 5.41 Å². The monoisotopic (exact) mass is 221 g/mol. The fraction of sp³-hybridized carbons (Fsp3) is 0.111. The van der Waals surface area contributed by atoms with E-state index in [0.717, 1.165) is 11.3 Å². The molecule has 0 spiro atoms. The van der Waals surface area contributed by atoms with E-state index < -0.39 is 4.92 Å². The summed E-state index contributed by atoms with van der Waals surface area (Å²) in [6.07, 6.45) is 0. The summed E-state index contributed by atoms with van der Waals surface area (Å²) in [7, 11) is 0. The minimum absolute atomic E-state index is 0.0695. The highest BCUT2D eigenvalue weighted by atomic mass is 32.2. The molecule has 0 atom stereocenters. The Balaban J connectivity index is 2.28. The summed E-state index contributed by atoms with van der Waals surface area (Å²) in [5, 5.41) is 18.0. The molecule has 0 unspecified atom stereocenters. The minimum atomic E-state index is -0.434. The Hall–Kier alpha value is -1.69. The van der Waals surface area contributed by atoms with Crippen molar-refractivity contribution in [3.8, 4) is 0 Å². The molecule has 1 aliphatic heterocycles. The van der Waals surface area contributed by atoms with E-state index in [9.17, 15) is 10.1 Å². The topological polar surface area (TPSA) is 79.3 Å². The van der Waals surface area contributed by atoms with Crippen molar-refractivity contribution in [3.05, 3.63) is 39.9 Å². The summed E-state index contributed by atoms with van der Waals surface area (Å²) in [6, 6.07) is 6.22. The second-order valence-corrected chi connectivity index (χ2v) is 3.92. The first-order valence-corrected chi connectivity index (χ1v) is 5.19. The highest BCUT2D eigenvalue weighted by Crippen LogP contribution is 2.19. The van der Waals surface area contributed by atoms with E-state index in [2.05, 4.69) is 4.99 Å². The fourth-order valence-electron chi connectivity index (χ4n) is 1.25. The van der Waals surface area contributed by atoms with Crippen LogP contribution in [0.4, 0.5) is 5.69 Å². The van der Waals surface area contributed by atoms with Crippen LogP contribution >= 0.6 is 11.8 Å². The molecule has 0 bridgehead atoms. The summed E-state index contributed by atoms with van der Waals surface area (Å²) in [6.45, 7) is 0. The van der Waals surface area contributed by atoms with Crippen molar-refractivity contribution in [1.29, 1.82) is 5.41 Å². The van der Waals surface area contributed by atoms with Gasteiger partial charge in [0.1, 0.15) is 0 Å². The van der Waals surface area contributed by atoms with Gasteiger partial charge in [0.15, 0.2) is 5.17 Å². The lowest BCUT2D eigenvalue weighted by Gasteiger charge is -1.97. The second-order valence-electron chi connectivity index (χ2n) is 2.96. The molecule has 1 N–H and O–H groups in total. The molecule has 5 nitrogen and oxygen atoms in total. The number of hydrogen-bond acceptors (Lipinski definition) is 4. The van der Waals surface area contributed by atoms with Gasteiger partial charge in [-0.2, -0.15) is 0 Å². The minimum Gasteiger partial charge on any atom is -0.277 e. The zero-order valence-electron chi connectivity index (χ0n) is 7.64. The number of benzene rings is 1. The first kappa shape index (κ1) is 9.85. The largest absolute Gasteiger partial charge is 0.277 e. The zero-order valence-corrected chi connectivity index (χ0v) is 8.45. The lowest BCUT2D eigenvalue weighted by Crippen LogP contribution is -1.99. The van der Waals surface area contributed by atoms with Crippen LogP contribution < -0.4 is 0 Å². The van der Waals surface area contributed by atoms with E-state index in [1.807, 2.05) is 0 Å². The van der Waals surface area contributed by atoms with Crippen molar-refractivity contribution in [2.75, 3.05) is 5.75 Å². The van der Waals surface area contributed by atoms with Crippen LogP contribution in [0, 0.1) is 15.5 Å². The first-order valence-electron chi connectivity index (χ1n) is 4.20. The molecular formula is C9H7N3O2S. The number of nitrogens with one attached hydrogen (secondary N) is 1. The number of hydrogen-bond donors (Lipinski definition) is 1. The highest BCUT2D eigenvalue weighted by molar-refractivity contribution is 8.14. The number of amidine groups is 1. The van der Waals surface area contributed by atoms with Crippen molar-refractivity contribution in [2.45, 2.75) is 0 Å². The number of aliphatic imine (C=N–C) groups is 1. The molecule has 0 radical (unpaired) electrons. The van der Waals surface area contributed by atoms with E-state index in [0.29, 0.717) is 10.9 Å². The van der Waals surface area contributed by atoms with E-state index >= 15 is 0 Å². The average molecular weight is 221 g/mol. The summed E-state index contributed by atoms with van der Waals surface area (Å²) in [5.41, 5.74) is 1.72. The van der Waals surface area contributed by atoms with Crippen LogP contribution in [0.25, 0.3) is 0 Å².